The minimum absolute atomic E-state index is 0.00718. The zero-order valence-corrected chi connectivity index (χ0v) is 10.0. The monoisotopic (exact) mass is 266 g/mol. The highest BCUT2D eigenvalue weighted by atomic mass is 19.1. The van der Waals surface area contributed by atoms with Crippen LogP contribution in [0.25, 0.3) is 0 Å². The third-order valence-corrected chi connectivity index (χ3v) is 2.57. The van der Waals surface area contributed by atoms with Crippen LogP contribution in [0, 0.1) is 15.9 Å². The number of halogens is 1. The zero-order valence-electron chi connectivity index (χ0n) is 10.0. The molecule has 0 spiro atoms. The van der Waals surface area contributed by atoms with Gasteiger partial charge in [-0.2, -0.15) is 4.39 Å². The van der Waals surface area contributed by atoms with Crippen LogP contribution in [0.4, 0.5) is 10.1 Å². The molecule has 7 nitrogen and oxygen atoms in total. The lowest BCUT2D eigenvalue weighted by Gasteiger charge is -2.03. The summed E-state index contributed by atoms with van der Waals surface area (Å²) >= 11 is 0. The van der Waals surface area contributed by atoms with Crippen LogP contribution in [0.3, 0.4) is 0 Å². The second kappa shape index (κ2) is 5.11. The number of aliphatic hydroxyl groups is 1. The Morgan fingerprint density at radius 2 is 2.32 bits per heavy atom. The fraction of sp³-hybridized carbons (Fsp3) is 0.273. The largest absolute Gasteiger partial charge is 0.387 e. The van der Waals surface area contributed by atoms with E-state index in [4.69, 9.17) is 0 Å². The predicted molar refractivity (Wildman–Crippen MR) is 62.8 cm³/mol. The van der Waals surface area contributed by atoms with Crippen molar-refractivity contribution in [1.82, 2.24) is 15.0 Å². The van der Waals surface area contributed by atoms with E-state index < -0.39 is 22.5 Å². The number of aliphatic hydroxyl groups excluding tert-OH is 1. The molecule has 2 aromatic rings. The van der Waals surface area contributed by atoms with Crippen molar-refractivity contribution < 1.29 is 14.4 Å². The zero-order chi connectivity index (χ0) is 14.0. The Labute approximate surface area is 107 Å². The Morgan fingerprint density at radius 3 is 2.89 bits per heavy atom. The highest BCUT2D eigenvalue weighted by molar-refractivity contribution is 5.36. The second-order valence-electron chi connectivity index (χ2n) is 4.02. The van der Waals surface area contributed by atoms with Crippen LogP contribution in [-0.4, -0.2) is 25.0 Å². The maximum atomic E-state index is 13.8. The molecule has 19 heavy (non-hydrogen) atoms. The van der Waals surface area contributed by atoms with Crippen LogP contribution in [0.1, 0.15) is 24.3 Å². The van der Waals surface area contributed by atoms with Crippen molar-refractivity contribution >= 4 is 5.69 Å². The molecule has 0 saturated heterocycles. The molecule has 2 rings (SSSR count). The molecule has 0 aliphatic heterocycles. The number of nitrogens with zero attached hydrogens (tertiary/aromatic N) is 4. The van der Waals surface area contributed by atoms with Gasteiger partial charge >= 0.3 is 5.69 Å². The van der Waals surface area contributed by atoms with E-state index in [1.807, 2.05) is 0 Å². The summed E-state index contributed by atoms with van der Waals surface area (Å²) in [6.07, 6.45) is 0.687. The van der Waals surface area contributed by atoms with E-state index in [0.717, 1.165) is 6.07 Å². The number of hydrogen-bond donors (Lipinski definition) is 1. The number of rotatable bonds is 4. The molecule has 1 N–H and O–H groups in total. The summed E-state index contributed by atoms with van der Waals surface area (Å²) < 4.78 is 15.1. The normalized spacial score (nSPS) is 12.4. The molecule has 1 heterocycles. The third-order valence-electron chi connectivity index (χ3n) is 2.57. The number of hydrogen-bond acceptors (Lipinski definition) is 5. The first-order valence-electron chi connectivity index (χ1n) is 5.49. The molecule has 0 aliphatic rings. The fourth-order valence-corrected chi connectivity index (χ4v) is 1.59. The smallest absolute Gasteiger partial charge is 0.305 e. The van der Waals surface area contributed by atoms with Crippen LogP contribution in [0.2, 0.25) is 0 Å². The Balaban J connectivity index is 2.28. The molecule has 0 amide bonds. The quantitative estimate of drug-likeness (QED) is 0.667. The van der Waals surface area contributed by atoms with Gasteiger partial charge in [-0.15, -0.1) is 5.10 Å². The summed E-state index contributed by atoms with van der Waals surface area (Å²) in [5, 5.41) is 27.3. The average Bonchev–Trinajstić information content (AvgIpc) is 2.80. The van der Waals surface area contributed by atoms with Gasteiger partial charge in [-0.3, -0.25) is 10.1 Å². The topological polar surface area (TPSA) is 94.1 Å². The summed E-state index contributed by atoms with van der Waals surface area (Å²) in [5.41, 5.74) is -0.0875. The Morgan fingerprint density at radius 1 is 1.58 bits per heavy atom. The highest BCUT2D eigenvalue weighted by Gasteiger charge is 2.17. The first-order valence-corrected chi connectivity index (χ1v) is 5.49. The van der Waals surface area contributed by atoms with Crippen LogP contribution in [-0.2, 0) is 6.54 Å². The van der Waals surface area contributed by atoms with Crippen LogP contribution in [0.15, 0.2) is 24.4 Å². The summed E-state index contributed by atoms with van der Waals surface area (Å²) in [6, 6.07) is 3.94. The molecule has 1 atom stereocenters. The lowest BCUT2D eigenvalue weighted by Crippen LogP contribution is -2.04. The predicted octanol–water partition coefficient (Wildman–Crippen LogP) is 1.43. The third kappa shape index (κ3) is 2.74. The van der Waals surface area contributed by atoms with Crippen LogP contribution in [0.5, 0.6) is 0 Å². The molecule has 0 bridgehead atoms. The van der Waals surface area contributed by atoms with Gasteiger partial charge in [0.25, 0.3) is 0 Å². The first-order chi connectivity index (χ1) is 8.99. The molecular formula is C11H11FN4O3. The van der Waals surface area contributed by atoms with Gasteiger partial charge in [0.2, 0.25) is 5.82 Å². The molecule has 0 saturated carbocycles. The average molecular weight is 266 g/mol. The molecule has 0 radical (unpaired) electrons. The van der Waals surface area contributed by atoms with Gasteiger partial charge in [0.05, 0.1) is 23.8 Å². The summed E-state index contributed by atoms with van der Waals surface area (Å²) in [6.45, 7) is 1.54. The second-order valence-corrected chi connectivity index (χ2v) is 4.02. The van der Waals surface area contributed by atoms with Crippen molar-refractivity contribution in [3.63, 3.8) is 0 Å². The van der Waals surface area contributed by atoms with Gasteiger partial charge in [-0.1, -0.05) is 17.3 Å². The highest BCUT2D eigenvalue weighted by Crippen LogP contribution is 2.20. The van der Waals surface area contributed by atoms with Crippen LogP contribution < -0.4 is 0 Å². The Hall–Kier alpha value is -2.35. The lowest BCUT2D eigenvalue weighted by atomic mass is 10.2. The van der Waals surface area contributed by atoms with Crippen molar-refractivity contribution in [3.8, 4) is 0 Å². The van der Waals surface area contributed by atoms with Gasteiger partial charge in [-0.05, 0) is 6.92 Å². The van der Waals surface area contributed by atoms with Crippen molar-refractivity contribution in [2.75, 3.05) is 0 Å². The van der Waals surface area contributed by atoms with Gasteiger partial charge in [-0.25, -0.2) is 4.68 Å². The SMILES string of the molecule is CC(O)c1cn(Cc2cccc([N+](=O)[O-])c2F)nn1. The van der Waals surface area contributed by atoms with E-state index in [0.29, 0.717) is 5.69 Å². The minimum Gasteiger partial charge on any atom is -0.387 e. The van der Waals surface area contributed by atoms with E-state index in [1.165, 1.54) is 29.9 Å². The Bertz CT molecular complexity index is 612. The number of nitro groups is 1. The van der Waals surface area contributed by atoms with E-state index >= 15 is 0 Å². The first kappa shape index (κ1) is 13.1. The number of nitro benzene ring substituents is 1. The van der Waals surface area contributed by atoms with Crippen molar-refractivity contribution in [3.05, 3.63) is 51.6 Å². The van der Waals surface area contributed by atoms with Crippen molar-refractivity contribution in [2.45, 2.75) is 19.6 Å². The standard InChI is InChI=1S/C11H11FN4O3/c1-7(17)9-6-15(14-13-9)5-8-3-2-4-10(11(8)12)16(18)19/h2-4,6-7,17H,5H2,1H3. The van der Waals surface area contributed by atoms with Crippen molar-refractivity contribution in [2.24, 2.45) is 0 Å². The van der Waals surface area contributed by atoms with Gasteiger partial charge in [0, 0.05) is 11.6 Å². The maximum absolute atomic E-state index is 13.8. The molecule has 0 aliphatic carbocycles. The van der Waals surface area contributed by atoms with E-state index in [1.54, 1.807) is 0 Å². The molecule has 1 aromatic heterocycles. The number of aromatic nitrogens is 3. The summed E-state index contributed by atoms with van der Waals surface area (Å²) in [5.74, 6) is -0.887. The molecule has 1 aromatic carbocycles. The maximum Gasteiger partial charge on any atom is 0.305 e. The lowest BCUT2D eigenvalue weighted by molar-refractivity contribution is -0.387. The molecule has 100 valence electrons. The van der Waals surface area contributed by atoms with Crippen LogP contribution >= 0.6 is 0 Å². The molecule has 1 unspecified atom stereocenters. The molecule has 0 fully saturated rings. The fourth-order valence-electron chi connectivity index (χ4n) is 1.59. The molecular weight excluding hydrogens is 255 g/mol. The molecule has 8 heteroatoms. The summed E-state index contributed by atoms with van der Waals surface area (Å²) in [7, 11) is 0. The van der Waals surface area contributed by atoms with E-state index in [9.17, 15) is 19.6 Å². The Kier molecular flexibility index (Phi) is 3.52. The summed E-state index contributed by atoms with van der Waals surface area (Å²) in [4.78, 5) is 9.84. The minimum atomic E-state index is -0.887. The van der Waals surface area contributed by atoms with Gasteiger partial charge < -0.3 is 5.11 Å². The van der Waals surface area contributed by atoms with E-state index in [-0.39, 0.29) is 12.1 Å². The van der Waals surface area contributed by atoms with E-state index in [2.05, 4.69) is 10.3 Å². The van der Waals surface area contributed by atoms with Gasteiger partial charge in [0.1, 0.15) is 5.69 Å². The van der Waals surface area contributed by atoms with Gasteiger partial charge in [0.15, 0.2) is 0 Å². The number of benzene rings is 1. The van der Waals surface area contributed by atoms with Crippen molar-refractivity contribution in [1.29, 1.82) is 0 Å².